The quantitative estimate of drug-likeness (QED) is 0.759. The van der Waals surface area contributed by atoms with Crippen molar-refractivity contribution < 1.29 is 13.9 Å². The lowest BCUT2D eigenvalue weighted by Gasteiger charge is -2.10. The molecule has 3 aromatic rings. The maximum atomic E-state index is 12.6. The van der Waals surface area contributed by atoms with Crippen LogP contribution in [0.5, 0.6) is 0 Å². The van der Waals surface area contributed by atoms with Gasteiger partial charge in [-0.25, -0.2) is 4.98 Å². The molecule has 1 aliphatic heterocycles. The summed E-state index contributed by atoms with van der Waals surface area (Å²) < 4.78 is 11.0. The van der Waals surface area contributed by atoms with Crippen molar-refractivity contribution in [3.63, 3.8) is 0 Å². The fourth-order valence-electron chi connectivity index (χ4n) is 3.15. The zero-order chi connectivity index (χ0) is 17.9. The Labute approximate surface area is 152 Å². The fraction of sp³-hybridized carbons (Fsp3) is 0.238. The molecule has 1 atom stereocenters. The van der Waals surface area contributed by atoms with E-state index in [-0.39, 0.29) is 5.91 Å². The Bertz CT molecular complexity index is 909. The lowest BCUT2D eigenvalue weighted by Crippen LogP contribution is -2.12. The van der Waals surface area contributed by atoms with Crippen molar-refractivity contribution >= 4 is 11.6 Å². The van der Waals surface area contributed by atoms with Gasteiger partial charge in [0, 0.05) is 36.3 Å². The molecular weight excluding hydrogens is 328 g/mol. The van der Waals surface area contributed by atoms with E-state index in [0.29, 0.717) is 23.1 Å². The largest absolute Gasteiger partial charge is 0.441 e. The van der Waals surface area contributed by atoms with Gasteiger partial charge in [0.2, 0.25) is 0 Å². The molecule has 0 saturated carbocycles. The molecule has 2 aromatic carbocycles. The zero-order valence-electron chi connectivity index (χ0n) is 14.6. The average molecular weight is 348 g/mol. The van der Waals surface area contributed by atoms with Crippen LogP contribution in [0.4, 0.5) is 5.69 Å². The van der Waals surface area contributed by atoms with E-state index in [9.17, 15) is 4.79 Å². The van der Waals surface area contributed by atoms with Gasteiger partial charge in [0.15, 0.2) is 11.7 Å². The number of nitrogens with one attached hydrogen (secondary N) is 1. The highest BCUT2D eigenvalue weighted by molar-refractivity contribution is 6.04. The molecule has 5 heteroatoms. The monoisotopic (exact) mass is 348 g/mol. The molecule has 0 unspecified atom stereocenters. The maximum absolute atomic E-state index is 12.6. The second-order valence-electron chi connectivity index (χ2n) is 6.46. The molecule has 1 saturated heterocycles. The molecule has 1 fully saturated rings. The standard InChI is InChI=1S/C21H20N2O3/c1-14-22-12-20(26-14)15-5-7-19(8-6-15)23-21(24)17-4-2-3-16(11-17)18-9-10-25-13-18/h2-8,11-12,18H,9-10,13H2,1H3,(H,23,24)/t18-/m1/s1. The molecular formula is C21H20N2O3. The molecule has 4 rings (SSSR count). The summed E-state index contributed by atoms with van der Waals surface area (Å²) in [7, 11) is 0. The number of aromatic nitrogens is 1. The van der Waals surface area contributed by atoms with Crippen LogP contribution < -0.4 is 5.32 Å². The van der Waals surface area contributed by atoms with Crippen LogP contribution in [0, 0.1) is 6.92 Å². The van der Waals surface area contributed by atoms with E-state index < -0.39 is 0 Å². The number of rotatable bonds is 4. The fourth-order valence-corrected chi connectivity index (χ4v) is 3.15. The average Bonchev–Trinajstić information content (AvgIpc) is 3.34. The Kier molecular flexibility index (Phi) is 4.54. The van der Waals surface area contributed by atoms with Crippen molar-refractivity contribution in [1.82, 2.24) is 4.98 Å². The first-order valence-corrected chi connectivity index (χ1v) is 8.71. The molecule has 5 nitrogen and oxygen atoms in total. The highest BCUT2D eigenvalue weighted by Gasteiger charge is 2.18. The third kappa shape index (κ3) is 3.53. The van der Waals surface area contributed by atoms with Crippen molar-refractivity contribution in [2.24, 2.45) is 0 Å². The molecule has 1 aliphatic rings. The SMILES string of the molecule is Cc1ncc(-c2ccc(NC(=O)c3cccc([C@@H]4CCOC4)c3)cc2)o1. The summed E-state index contributed by atoms with van der Waals surface area (Å²) in [5.74, 6) is 1.61. The highest BCUT2D eigenvalue weighted by atomic mass is 16.5. The van der Waals surface area contributed by atoms with Gasteiger partial charge >= 0.3 is 0 Å². The van der Waals surface area contributed by atoms with Gasteiger partial charge in [-0.1, -0.05) is 12.1 Å². The van der Waals surface area contributed by atoms with Gasteiger partial charge in [-0.05, 0) is 48.4 Å². The Morgan fingerprint density at radius 1 is 1.19 bits per heavy atom. The Morgan fingerprint density at radius 2 is 2.04 bits per heavy atom. The zero-order valence-corrected chi connectivity index (χ0v) is 14.6. The summed E-state index contributed by atoms with van der Waals surface area (Å²) in [5, 5.41) is 2.94. The van der Waals surface area contributed by atoms with Crippen LogP contribution in [0.25, 0.3) is 11.3 Å². The third-order valence-corrected chi connectivity index (χ3v) is 4.60. The third-order valence-electron chi connectivity index (χ3n) is 4.60. The molecule has 1 aromatic heterocycles. The molecule has 1 N–H and O–H groups in total. The van der Waals surface area contributed by atoms with E-state index in [2.05, 4.69) is 16.4 Å². The van der Waals surface area contributed by atoms with Crippen molar-refractivity contribution in [1.29, 1.82) is 0 Å². The predicted molar refractivity (Wildman–Crippen MR) is 99.2 cm³/mol. The molecule has 0 bridgehead atoms. The van der Waals surface area contributed by atoms with Crippen molar-refractivity contribution in [2.75, 3.05) is 18.5 Å². The second kappa shape index (κ2) is 7.14. The van der Waals surface area contributed by atoms with E-state index in [1.807, 2.05) is 49.4 Å². The lowest BCUT2D eigenvalue weighted by molar-refractivity contribution is 0.102. The van der Waals surface area contributed by atoms with Crippen LogP contribution in [0.15, 0.2) is 59.1 Å². The smallest absolute Gasteiger partial charge is 0.255 e. The first kappa shape index (κ1) is 16.5. The van der Waals surface area contributed by atoms with E-state index in [0.717, 1.165) is 36.4 Å². The van der Waals surface area contributed by atoms with Gasteiger partial charge < -0.3 is 14.5 Å². The Hall–Kier alpha value is -2.92. The summed E-state index contributed by atoms with van der Waals surface area (Å²) in [6, 6.07) is 15.3. The number of aryl methyl sites for hydroxylation is 1. The van der Waals surface area contributed by atoms with Crippen molar-refractivity contribution in [2.45, 2.75) is 19.3 Å². The van der Waals surface area contributed by atoms with Crippen LogP contribution in [-0.2, 0) is 4.74 Å². The number of benzene rings is 2. The number of amides is 1. The van der Waals surface area contributed by atoms with Crippen LogP contribution in [0.1, 0.15) is 34.2 Å². The number of carbonyl (C=O) groups is 1. The summed E-state index contributed by atoms with van der Waals surface area (Å²) in [6.45, 7) is 3.33. The first-order chi connectivity index (χ1) is 12.7. The topological polar surface area (TPSA) is 64.4 Å². The molecule has 26 heavy (non-hydrogen) atoms. The number of hydrogen-bond acceptors (Lipinski definition) is 4. The number of nitrogens with zero attached hydrogens (tertiary/aromatic N) is 1. The summed E-state index contributed by atoms with van der Waals surface area (Å²) in [5.41, 5.74) is 3.48. The Morgan fingerprint density at radius 3 is 2.73 bits per heavy atom. The second-order valence-corrected chi connectivity index (χ2v) is 6.46. The minimum atomic E-state index is -0.117. The number of hydrogen-bond donors (Lipinski definition) is 1. The first-order valence-electron chi connectivity index (χ1n) is 8.71. The van der Waals surface area contributed by atoms with Gasteiger partial charge in [0.1, 0.15) is 0 Å². The van der Waals surface area contributed by atoms with Crippen LogP contribution in [0.3, 0.4) is 0 Å². The highest BCUT2D eigenvalue weighted by Crippen LogP contribution is 2.26. The normalized spacial score (nSPS) is 16.6. The van der Waals surface area contributed by atoms with E-state index in [1.54, 1.807) is 6.20 Å². The van der Waals surface area contributed by atoms with Crippen molar-refractivity contribution in [3.8, 4) is 11.3 Å². The van der Waals surface area contributed by atoms with Crippen LogP contribution >= 0.6 is 0 Å². The lowest BCUT2D eigenvalue weighted by atomic mass is 9.96. The van der Waals surface area contributed by atoms with Gasteiger partial charge in [0.05, 0.1) is 12.8 Å². The number of oxazole rings is 1. The number of anilines is 1. The van der Waals surface area contributed by atoms with Gasteiger partial charge in [0.25, 0.3) is 5.91 Å². The van der Waals surface area contributed by atoms with E-state index in [4.69, 9.17) is 9.15 Å². The van der Waals surface area contributed by atoms with E-state index >= 15 is 0 Å². The molecule has 2 heterocycles. The molecule has 0 radical (unpaired) electrons. The van der Waals surface area contributed by atoms with Crippen LogP contribution in [-0.4, -0.2) is 24.1 Å². The number of carbonyl (C=O) groups excluding carboxylic acids is 1. The summed E-state index contributed by atoms with van der Waals surface area (Å²) in [4.78, 5) is 16.7. The van der Waals surface area contributed by atoms with Gasteiger partial charge in [-0.3, -0.25) is 4.79 Å². The maximum Gasteiger partial charge on any atom is 0.255 e. The van der Waals surface area contributed by atoms with Gasteiger partial charge in [-0.2, -0.15) is 0 Å². The summed E-state index contributed by atoms with van der Waals surface area (Å²) >= 11 is 0. The van der Waals surface area contributed by atoms with Gasteiger partial charge in [-0.15, -0.1) is 0 Å². The number of ether oxygens (including phenoxy) is 1. The molecule has 132 valence electrons. The summed E-state index contributed by atoms with van der Waals surface area (Å²) in [6.07, 6.45) is 2.70. The van der Waals surface area contributed by atoms with E-state index in [1.165, 1.54) is 0 Å². The molecule has 1 amide bonds. The minimum Gasteiger partial charge on any atom is -0.441 e. The predicted octanol–water partition coefficient (Wildman–Crippen LogP) is 4.41. The Balaban J connectivity index is 1.47. The van der Waals surface area contributed by atoms with Crippen molar-refractivity contribution in [3.05, 3.63) is 71.7 Å². The molecule has 0 spiro atoms. The van der Waals surface area contributed by atoms with Crippen LogP contribution in [0.2, 0.25) is 0 Å². The molecule has 0 aliphatic carbocycles. The minimum absolute atomic E-state index is 0.117.